The molecule has 0 spiro atoms. The van der Waals surface area contributed by atoms with Crippen LogP contribution in [0.25, 0.3) is 0 Å². The lowest BCUT2D eigenvalue weighted by atomic mass is 9.53. The molecule has 1 aliphatic heterocycles. The lowest BCUT2D eigenvalue weighted by Crippen LogP contribution is -2.60. The topological polar surface area (TPSA) is 71.0 Å². The summed E-state index contributed by atoms with van der Waals surface area (Å²) in [4.78, 5) is 0. The summed E-state index contributed by atoms with van der Waals surface area (Å²) in [5.74, 6) is 1.59. The Hall–Kier alpha value is -1.72. The van der Waals surface area contributed by atoms with Gasteiger partial charge in [0.05, 0.1) is 14.2 Å². The lowest BCUT2D eigenvalue weighted by molar-refractivity contribution is 0.0362. The quantitative estimate of drug-likeness (QED) is 0.770. The van der Waals surface area contributed by atoms with Crippen molar-refractivity contribution in [2.45, 2.75) is 36.8 Å². The molecule has 3 N–H and O–H groups in total. The molecule has 124 valence electrons. The summed E-state index contributed by atoms with van der Waals surface area (Å²) in [6, 6.07) is 4.19. The Morgan fingerprint density at radius 3 is 2.83 bits per heavy atom. The molecule has 3 aliphatic rings. The van der Waals surface area contributed by atoms with Gasteiger partial charge in [-0.15, -0.1) is 0 Å². The second kappa shape index (κ2) is 5.14. The Morgan fingerprint density at radius 2 is 2.09 bits per heavy atom. The average molecular weight is 317 g/mol. The van der Waals surface area contributed by atoms with Crippen LogP contribution in [0, 0.1) is 5.92 Å². The third kappa shape index (κ3) is 1.93. The fourth-order valence-corrected chi connectivity index (χ4v) is 4.94. The molecule has 4 rings (SSSR count). The SMILES string of the molecule is COC1=C[C@@H]2[C@@H]3Cc4ccc(OC)c(O)c4[C@]2(CCN3)C[C@H]1O. The van der Waals surface area contributed by atoms with Gasteiger partial charge in [0.1, 0.15) is 11.9 Å². The van der Waals surface area contributed by atoms with Crippen LogP contribution in [0.1, 0.15) is 24.0 Å². The maximum atomic E-state index is 10.8. The van der Waals surface area contributed by atoms with Gasteiger partial charge in [-0.3, -0.25) is 0 Å². The molecule has 0 aromatic heterocycles. The second-order valence-electron chi connectivity index (χ2n) is 6.84. The van der Waals surface area contributed by atoms with E-state index in [2.05, 4.69) is 11.4 Å². The van der Waals surface area contributed by atoms with Crippen LogP contribution in [-0.2, 0) is 16.6 Å². The van der Waals surface area contributed by atoms with Crippen molar-refractivity contribution in [1.29, 1.82) is 0 Å². The Kier molecular flexibility index (Phi) is 3.32. The first-order chi connectivity index (χ1) is 11.1. The van der Waals surface area contributed by atoms with Crippen molar-refractivity contribution in [3.63, 3.8) is 0 Å². The highest BCUT2D eigenvalue weighted by Crippen LogP contribution is 2.56. The largest absolute Gasteiger partial charge is 0.504 e. The van der Waals surface area contributed by atoms with E-state index >= 15 is 0 Å². The van der Waals surface area contributed by atoms with Crippen LogP contribution in [0.5, 0.6) is 11.5 Å². The second-order valence-corrected chi connectivity index (χ2v) is 6.84. The highest BCUT2D eigenvalue weighted by molar-refractivity contribution is 5.57. The molecule has 1 aromatic rings. The smallest absolute Gasteiger partial charge is 0.161 e. The van der Waals surface area contributed by atoms with Crippen LogP contribution in [0.4, 0.5) is 0 Å². The summed E-state index contributed by atoms with van der Waals surface area (Å²) < 4.78 is 10.7. The zero-order valence-electron chi connectivity index (χ0n) is 13.5. The van der Waals surface area contributed by atoms with Gasteiger partial charge >= 0.3 is 0 Å². The fraction of sp³-hybridized carbons (Fsp3) is 0.556. The standard InChI is InChI=1S/C18H23NO4/c1-22-14-4-3-10-7-12-11-8-15(23-2)13(20)9-18(11,5-6-19-12)16(10)17(14)21/h3-4,8,11-13,19-21H,5-7,9H2,1-2H3/t11-,12+,13-,18-/m1/s1. The Labute approximate surface area is 135 Å². The maximum absolute atomic E-state index is 10.8. The van der Waals surface area contributed by atoms with Crippen molar-refractivity contribution >= 4 is 0 Å². The average Bonchev–Trinajstić information content (AvgIpc) is 2.53. The van der Waals surface area contributed by atoms with E-state index < -0.39 is 6.10 Å². The molecule has 0 saturated carbocycles. The van der Waals surface area contributed by atoms with Gasteiger partial charge in [-0.25, -0.2) is 0 Å². The zero-order valence-corrected chi connectivity index (χ0v) is 13.5. The van der Waals surface area contributed by atoms with Crippen LogP contribution < -0.4 is 10.1 Å². The maximum Gasteiger partial charge on any atom is 0.161 e. The van der Waals surface area contributed by atoms with Crippen molar-refractivity contribution in [1.82, 2.24) is 5.32 Å². The number of ether oxygens (including phenoxy) is 2. The number of hydrogen-bond acceptors (Lipinski definition) is 5. The van der Waals surface area contributed by atoms with Gasteiger partial charge in [0.2, 0.25) is 0 Å². The van der Waals surface area contributed by atoms with Crippen LogP contribution in [0.15, 0.2) is 24.0 Å². The van der Waals surface area contributed by atoms with Crippen LogP contribution in [-0.4, -0.2) is 43.1 Å². The highest BCUT2D eigenvalue weighted by atomic mass is 16.5. The number of benzene rings is 1. The van der Waals surface area contributed by atoms with Gasteiger partial charge in [0.15, 0.2) is 11.5 Å². The van der Waals surface area contributed by atoms with E-state index in [0.29, 0.717) is 24.0 Å². The molecule has 1 heterocycles. The van der Waals surface area contributed by atoms with E-state index in [4.69, 9.17) is 9.47 Å². The number of phenolic OH excluding ortho intramolecular Hbond substituents is 1. The van der Waals surface area contributed by atoms with Crippen molar-refractivity contribution in [2.24, 2.45) is 5.92 Å². The molecule has 0 radical (unpaired) electrons. The first-order valence-electron chi connectivity index (χ1n) is 8.17. The predicted octanol–water partition coefficient (Wildman–Crippen LogP) is 1.47. The lowest BCUT2D eigenvalue weighted by Gasteiger charge is -2.55. The van der Waals surface area contributed by atoms with Gasteiger partial charge in [0, 0.05) is 22.9 Å². The molecule has 1 fully saturated rings. The zero-order chi connectivity index (χ0) is 16.2. The number of piperidine rings is 1. The van der Waals surface area contributed by atoms with Gasteiger partial charge in [-0.1, -0.05) is 6.07 Å². The minimum atomic E-state index is -0.633. The Balaban J connectivity index is 1.94. The number of methoxy groups -OCH3 is 2. The first-order valence-corrected chi connectivity index (χ1v) is 8.17. The number of aliphatic hydroxyl groups is 1. The van der Waals surface area contributed by atoms with Gasteiger partial charge in [-0.05, 0) is 43.5 Å². The van der Waals surface area contributed by atoms with Gasteiger partial charge < -0.3 is 25.0 Å². The molecule has 1 saturated heterocycles. The Morgan fingerprint density at radius 1 is 1.26 bits per heavy atom. The van der Waals surface area contributed by atoms with E-state index in [9.17, 15) is 10.2 Å². The van der Waals surface area contributed by atoms with E-state index in [1.165, 1.54) is 0 Å². The Bertz CT molecular complexity index is 671. The molecule has 1 aromatic carbocycles. The molecular formula is C18H23NO4. The number of aromatic hydroxyl groups is 1. The van der Waals surface area contributed by atoms with Crippen molar-refractivity contribution in [2.75, 3.05) is 20.8 Å². The van der Waals surface area contributed by atoms with E-state index in [-0.39, 0.29) is 17.1 Å². The number of nitrogens with one attached hydrogen (secondary N) is 1. The summed E-state index contributed by atoms with van der Waals surface area (Å²) in [7, 11) is 3.18. The minimum Gasteiger partial charge on any atom is -0.504 e. The van der Waals surface area contributed by atoms with Crippen molar-refractivity contribution < 1.29 is 19.7 Å². The first kappa shape index (κ1) is 14.8. The molecule has 2 bridgehead atoms. The molecule has 0 amide bonds. The summed E-state index contributed by atoms with van der Waals surface area (Å²) in [6.07, 6.45) is 3.75. The molecule has 0 unspecified atom stereocenters. The van der Waals surface area contributed by atoms with E-state index in [1.807, 2.05) is 12.1 Å². The van der Waals surface area contributed by atoms with Gasteiger partial charge in [-0.2, -0.15) is 0 Å². The van der Waals surface area contributed by atoms with E-state index in [1.54, 1.807) is 14.2 Å². The molecule has 4 atom stereocenters. The molecule has 23 heavy (non-hydrogen) atoms. The van der Waals surface area contributed by atoms with Crippen LogP contribution >= 0.6 is 0 Å². The van der Waals surface area contributed by atoms with Crippen LogP contribution in [0.3, 0.4) is 0 Å². The molecule has 5 heteroatoms. The van der Waals surface area contributed by atoms with Crippen molar-refractivity contribution in [3.8, 4) is 11.5 Å². The molecule has 5 nitrogen and oxygen atoms in total. The number of fused-ring (bicyclic) bond motifs is 1. The summed E-state index contributed by atoms with van der Waals surface area (Å²) in [5, 5.41) is 24.9. The third-order valence-corrected chi connectivity index (χ3v) is 5.90. The summed E-state index contributed by atoms with van der Waals surface area (Å²) in [6.45, 7) is 0.889. The number of rotatable bonds is 2. The third-order valence-electron chi connectivity index (χ3n) is 5.90. The van der Waals surface area contributed by atoms with Crippen LogP contribution in [0.2, 0.25) is 0 Å². The van der Waals surface area contributed by atoms with Crippen molar-refractivity contribution in [3.05, 3.63) is 35.1 Å². The number of aliphatic hydroxyl groups excluding tert-OH is 1. The normalized spacial score (nSPS) is 34.9. The highest BCUT2D eigenvalue weighted by Gasteiger charge is 2.55. The van der Waals surface area contributed by atoms with Gasteiger partial charge in [0.25, 0.3) is 0 Å². The number of phenols is 1. The monoisotopic (exact) mass is 317 g/mol. The summed E-state index contributed by atoms with van der Waals surface area (Å²) >= 11 is 0. The fourth-order valence-electron chi connectivity index (χ4n) is 4.94. The molecule has 2 aliphatic carbocycles. The predicted molar refractivity (Wildman–Crippen MR) is 85.7 cm³/mol. The van der Waals surface area contributed by atoms with E-state index in [0.717, 1.165) is 30.5 Å². The number of hydrogen-bond donors (Lipinski definition) is 3. The minimum absolute atomic E-state index is 0.208. The molecular weight excluding hydrogens is 294 g/mol. The summed E-state index contributed by atoms with van der Waals surface area (Å²) in [5.41, 5.74) is 1.85.